The molecule has 0 radical (unpaired) electrons. The van der Waals surface area contributed by atoms with E-state index in [1.54, 1.807) is 18.2 Å². The Morgan fingerprint density at radius 1 is 1.20 bits per heavy atom. The number of carbonyl (C=O) groups is 1. The normalized spacial score (nSPS) is 11.9. The number of hydrogen-bond donors (Lipinski definition) is 2. The van der Waals surface area contributed by atoms with Gasteiger partial charge in [-0.15, -0.1) is 0 Å². The number of aliphatic hydroxyl groups excluding tert-OH is 1. The molecule has 2 aromatic rings. The van der Waals surface area contributed by atoms with Crippen molar-refractivity contribution in [3.63, 3.8) is 0 Å². The summed E-state index contributed by atoms with van der Waals surface area (Å²) in [5, 5.41) is 12.4. The monoisotopic (exact) mass is 290 g/mol. The minimum absolute atomic E-state index is 0.138. The van der Waals surface area contributed by atoms with Gasteiger partial charge in [-0.25, -0.2) is 4.98 Å². The Balaban J connectivity index is 2.01. The molecule has 2 rings (SSSR count). The number of hydrogen-bond acceptors (Lipinski definition) is 3. The van der Waals surface area contributed by atoms with Crippen LogP contribution < -0.4 is 5.32 Å². The van der Waals surface area contributed by atoms with Gasteiger partial charge in [0, 0.05) is 0 Å². The average Bonchev–Trinajstić information content (AvgIpc) is 2.47. The molecule has 20 heavy (non-hydrogen) atoms. The van der Waals surface area contributed by atoms with Crippen LogP contribution in [-0.4, -0.2) is 28.6 Å². The molecule has 0 saturated carbocycles. The molecule has 0 saturated heterocycles. The van der Waals surface area contributed by atoms with Crippen LogP contribution in [0, 0.1) is 0 Å². The highest BCUT2D eigenvalue weighted by Crippen LogP contribution is 2.07. The van der Waals surface area contributed by atoms with Crippen LogP contribution in [0.1, 0.15) is 16.1 Å². The van der Waals surface area contributed by atoms with Gasteiger partial charge in [-0.05, 0) is 24.1 Å². The van der Waals surface area contributed by atoms with Crippen LogP contribution in [0.5, 0.6) is 0 Å². The van der Waals surface area contributed by atoms with E-state index in [1.807, 2.05) is 30.3 Å². The first-order valence-electron chi connectivity index (χ1n) is 6.27. The fraction of sp³-hybridized carbons (Fsp3) is 0.200. The van der Waals surface area contributed by atoms with Gasteiger partial charge in [-0.3, -0.25) is 4.79 Å². The molecule has 0 unspecified atom stereocenters. The number of pyridine rings is 1. The van der Waals surface area contributed by atoms with Gasteiger partial charge in [0.2, 0.25) is 0 Å². The van der Waals surface area contributed by atoms with Crippen molar-refractivity contribution < 1.29 is 9.90 Å². The highest BCUT2D eigenvalue weighted by Gasteiger charge is 2.14. The number of halogens is 1. The topological polar surface area (TPSA) is 62.2 Å². The summed E-state index contributed by atoms with van der Waals surface area (Å²) in [4.78, 5) is 16.0. The van der Waals surface area contributed by atoms with Crippen LogP contribution in [0.15, 0.2) is 48.5 Å². The van der Waals surface area contributed by atoms with Gasteiger partial charge in [-0.2, -0.15) is 0 Å². The van der Waals surface area contributed by atoms with Crippen molar-refractivity contribution in [1.82, 2.24) is 10.3 Å². The van der Waals surface area contributed by atoms with E-state index in [4.69, 9.17) is 11.6 Å². The summed E-state index contributed by atoms with van der Waals surface area (Å²) in [6, 6.07) is 14.2. The van der Waals surface area contributed by atoms with E-state index in [-0.39, 0.29) is 29.4 Å². The first-order valence-corrected chi connectivity index (χ1v) is 6.65. The molecule has 1 amide bonds. The van der Waals surface area contributed by atoms with E-state index in [0.717, 1.165) is 5.56 Å². The molecule has 0 spiro atoms. The molecule has 1 aromatic carbocycles. The Morgan fingerprint density at radius 3 is 2.60 bits per heavy atom. The summed E-state index contributed by atoms with van der Waals surface area (Å²) >= 11 is 5.75. The minimum atomic E-state index is -0.356. The number of aliphatic hydroxyl groups is 1. The quantitative estimate of drug-likeness (QED) is 0.829. The van der Waals surface area contributed by atoms with E-state index >= 15 is 0 Å². The number of rotatable bonds is 5. The van der Waals surface area contributed by atoms with Gasteiger partial charge in [0.15, 0.2) is 0 Å². The molecule has 0 aliphatic carbocycles. The molecule has 0 fully saturated rings. The first-order chi connectivity index (χ1) is 9.69. The van der Waals surface area contributed by atoms with Gasteiger partial charge in [0.05, 0.1) is 12.6 Å². The molecule has 1 heterocycles. The van der Waals surface area contributed by atoms with Gasteiger partial charge < -0.3 is 10.4 Å². The lowest BCUT2D eigenvalue weighted by Gasteiger charge is -2.16. The zero-order valence-electron chi connectivity index (χ0n) is 10.8. The second-order valence-corrected chi connectivity index (χ2v) is 4.78. The third kappa shape index (κ3) is 4.05. The maximum atomic E-state index is 12.0. The zero-order chi connectivity index (χ0) is 14.4. The Labute approximate surface area is 122 Å². The van der Waals surface area contributed by atoms with Crippen molar-refractivity contribution in [3.8, 4) is 0 Å². The predicted molar refractivity (Wildman–Crippen MR) is 77.7 cm³/mol. The van der Waals surface area contributed by atoms with Crippen molar-refractivity contribution in [1.29, 1.82) is 0 Å². The van der Waals surface area contributed by atoms with E-state index in [0.29, 0.717) is 6.42 Å². The van der Waals surface area contributed by atoms with Crippen molar-refractivity contribution in [2.24, 2.45) is 0 Å². The Kier molecular flexibility index (Phi) is 5.09. The van der Waals surface area contributed by atoms with Gasteiger partial charge in [-0.1, -0.05) is 48.0 Å². The predicted octanol–water partition coefficient (Wildman–Crippen LogP) is 2.07. The van der Waals surface area contributed by atoms with Crippen molar-refractivity contribution in [2.45, 2.75) is 12.5 Å². The number of nitrogens with one attached hydrogen (secondary N) is 1. The molecule has 4 nitrogen and oxygen atoms in total. The summed E-state index contributed by atoms with van der Waals surface area (Å²) in [7, 11) is 0. The first kappa shape index (κ1) is 14.5. The molecular weight excluding hydrogens is 276 g/mol. The fourth-order valence-corrected chi connectivity index (χ4v) is 2.02. The van der Waals surface area contributed by atoms with Crippen LogP contribution in [0.2, 0.25) is 5.15 Å². The lowest BCUT2D eigenvalue weighted by Crippen LogP contribution is -2.39. The molecule has 0 aliphatic heterocycles. The fourth-order valence-electron chi connectivity index (χ4n) is 1.85. The largest absolute Gasteiger partial charge is 0.394 e. The second-order valence-electron chi connectivity index (χ2n) is 4.39. The molecule has 0 aliphatic rings. The molecule has 1 aromatic heterocycles. The van der Waals surface area contributed by atoms with Crippen molar-refractivity contribution in [2.75, 3.05) is 6.61 Å². The molecule has 0 bridgehead atoms. The van der Waals surface area contributed by atoms with Gasteiger partial charge >= 0.3 is 0 Å². The average molecular weight is 291 g/mol. The SMILES string of the molecule is O=C(N[C@H](CO)Cc1ccccc1)c1cccc(Cl)n1. The molecule has 1 atom stereocenters. The lowest BCUT2D eigenvalue weighted by atomic mass is 10.1. The highest BCUT2D eigenvalue weighted by atomic mass is 35.5. The van der Waals surface area contributed by atoms with Crippen LogP contribution in [0.3, 0.4) is 0 Å². The molecule has 104 valence electrons. The number of amides is 1. The molecular formula is C15H15ClN2O2. The number of carbonyl (C=O) groups excluding carboxylic acids is 1. The summed E-state index contributed by atoms with van der Waals surface area (Å²) in [6.45, 7) is -0.138. The van der Waals surface area contributed by atoms with Crippen molar-refractivity contribution in [3.05, 3.63) is 64.9 Å². The van der Waals surface area contributed by atoms with Crippen LogP contribution >= 0.6 is 11.6 Å². The zero-order valence-corrected chi connectivity index (χ0v) is 11.5. The summed E-state index contributed by atoms with van der Waals surface area (Å²) in [5.74, 6) is -0.345. The van der Waals surface area contributed by atoms with Gasteiger partial charge in [0.1, 0.15) is 10.8 Å². The third-order valence-electron chi connectivity index (χ3n) is 2.83. The maximum Gasteiger partial charge on any atom is 0.270 e. The van der Waals surface area contributed by atoms with Crippen LogP contribution in [0.4, 0.5) is 0 Å². The third-order valence-corrected chi connectivity index (χ3v) is 3.04. The number of aromatic nitrogens is 1. The van der Waals surface area contributed by atoms with E-state index in [1.165, 1.54) is 0 Å². The second kappa shape index (κ2) is 7.03. The summed E-state index contributed by atoms with van der Waals surface area (Å²) in [5.41, 5.74) is 1.29. The van der Waals surface area contributed by atoms with E-state index < -0.39 is 0 Å². The highest BCUT2D eigenvalue weighted by molar-refractivity contribution is 6.29. The van der Waals surface area contributed by atoms with E-state index in [2.05, 4.69) is 10.3 Å². The Bertz CT molecular complexity index is 575. The number of nitrogens with zero attached hydrogens (tertiary/aromatic N) is 1. The van der Waals surface area contributed by atoms with E-state index in [9.17, 15) is 9.90 Å². The van der Waals surface area contributed by atoms with Crippen LogP contribution in [-0.2, 0) is 6.42 Å². The minimum Gasteiger partial charge on any atom is -0.394 e. The number of benzene rings is 1. The Morgan fingerprint density at radius 2 is 1.95 bits per heavy atom. The molecule has 2 N–H and O–H groups in total. The summed E-state index contributed by atoms with van der Waals surface area (Å²) in [6.07, 6.45) is 0.559. The Hall–Kier alpha value is -1.91. The summed E-state index contributed by atoms with van der Waals surface area (Å²) < 4.78 is 0. The maximum absolute atomic E-state index is 12.0. The van der Waals surface area contributed by atoms with Crippen molar-refractivity contribution >= 4 is 17.5 Å². The smallest absolute Gasteiger partial charge is 0.270 e. The van der Waals surface area contributed by atoms with Crippen LogP contribution in [0.25, 0.3) is 0 Å². The lowest BCUT2D eigenvalue weighted by molar-refractivity contribution is 0.0911. The molecule has 5 heteroatoms. The standard InChI is InChI=1S/C15H15ClN2O2/c16-14-8-4-7-13(18-14)15(20)17-12(10-19)9-11-5-2-1-3-6-11/h1-8,12,19H,9-10H2,(H,17,20)/t12-/m0/s1. The van der Waals surface area contributed by atoms with Gasteiger partial charge in [0.25, 0.3) is 5.91 Å².